The number of hydrogen-bond donors (Lipinski definition) is 2. The third-order valence-electron chi connectivity index (χ3n) is 3.21. The molecule has 6 nitrogen and oxygen atoms in total. The summed E-state index contributed by atoms with van der Waals surface area (Å²) in [5.74, 6) is 0.156. The highest BCUT2D eigenvalue weighted by atomic mass is 32.2. The highest BCUT2D eigenvalue weighted by Crippen LogP contribution is 2.03. The van der Waals surface area contributed by atoms with Gasteiger partial charge in [-0.15, -0.1) is 0 Å². The zero-order valence-electron chi connectivity index (χ0n) is 11.3. The van der Waals surface area contributed by atoms with E-state index < -0.39 is 16.1 Å². The van der Waals surface area contributed by atoms with Crippen LogP contribution in [0.4, 0.5) is 0 Å². The molecule has 1 unspecified atom stereocenters. The number of aliphatic hydroxyl groups is 1. The van der Waals surface area contributed by atoms with Crippen molar-refractivity contribution in [3.05, 3.63) is 0 Å². The zero-order chi connectivity index (χ0) is 13.6. The summed E-state index contributed by atoms with van der Waals surface area (Å²) in [6.07, 6.45) is 0.0134. The molecule has 1 aliphatic rings. The average Bonchev–Trinajstić information content (AvgIpc) is 2.34. The normalized spacial score (nSPS) is 20.2. The van der Waals surface area contributed by atoms with Gasteiger partial charge >= 0.3 is 0 Å². The Morgan fingerprint density at radius 2 is 2.00 bits per heavy atom. The second-order valence-electron chi connectivity index (χ2n) is 4.87. The molecule has 1 fully saturated rings. The Labute approximate surface area is 110 Å². The second kappa shape index (κ2) is 7.40. The summed E-state index contributed by atoms with van der Waals surface area (Å²) < 4.78 is 25.3. The predicted molar refractivity (Wildman–Crippen MR) is 72.0 cm³/mol. The van der Waals surface area contributed by atoms with Gasteiger partial charge in [0, 0.05) is 46.3 Å². The molecule has 18 heavy (non-hydrogen) atoms. The number of nitrogens with zero attached hydrogens (tertiary/aromatic N) is 2. The van der Waals surface area contributed by atoms with Gasteiger partial charge in [-0.2, -0.15) is 0 Å². The van der Waals surface area contributed by atoms with Crippen LogP contribution < -0.4 is 5.32 Å². The first kappa shape index (κ1) is 15.8. The smallest absolute Gasteiger partial charge is 0.215 e. The number of rotatable bonds is 7. The third-order valence-corrected chi connectivity index (χ3v) is 5.04. The summed E-state index contributed by atoms with van der Waals surface area (Å²) in [5.41, 5.74) is 0. The van der Waals surface area contributed by atoms with Crippen LogP contribution in [0.15, 0.2) is 0 Å². The van der Waals surface area contributed by atoms with Crippen molar-refractivity contribution in [3.63, 3.8) is 0 Å². The molecule has 0 saturated carbocycles. The van der Waals surface area contributed by atoms with E-state index in [2.05, 4.69) is 10.2 Å². The fourth-order valence-electron chi connectivity index (χ4n) is 1.84. The van der Waals surface area contributed by atoms with Crippen LogP contribution in [0.5, 0.6) is 0 Å². The Hall–Kier alpha value is -0.210. The summed E-state index contributed by atoms with van der Waals surface area (Å²) >= 11 is 0. The molecule has 1 aliphatic heterocycles. The molecule has 0 aromatic carbocycles. The molecule has 1 atom stereocenters. The quantitative estimate of drug-likeness (QED) is 0.620. The first-order valence-electron chi connectivity index (χ1n) is 6.47. The molecule has 0 spiro atoms. The van der Waals surface area contributed by atoms with E-state index in [9.17, 15) is 8.42 Å². The zero-order valence-corrected chi connectivity index (χ0v) is 12.1. The van der Waals surface area contributed by atoms with Crippen LogP contribution in [0.25, 0.3) is 0 Å². The lowest BCUT2D eigenvalue weighted by molar-refractivity contribution is 0.177. The minimum absolute atomic E-state index is 0.156. The van der Waals surface area contributed by atoms with Crippen molar-refractivity contribution in [3.8, 4) is 0 Å². The number of aliphatic hydroxyl groups excluding tert-OH is 1. The van der Waals surface area contributed by atoms with Gasteiger partial charge in [0.05, 0.1) is 11.9 Å². The summed E-state index contributed by atoms with van der Waals surface area (Å²) in [7, 11) is -1.62. The van der Waals surface area contributed by atoms with Gasteiger partial charge in [-0.1, -0.05) is 0 Å². The van der Waals surface area contributed by atoms with E-state index in [4.69, 9.17) is 5.11 Å². The van der Waals surface area contributed by atoms with E-state index in [0.29, 0.717) is 19.5 Å². The molecule has 7 heteroatoms. The molecule has 0 aromatic rings. The lowest BCUT2D eigenvalue weighted by Crippen LogP contribution is -2.46. The number of hydrogen-bond acceptors (Lipinski definition) is 5. The van der Waals surface area contributed by atoms with Crippen molar-refractivity contribution in [1.29, 1.82) is 0 Å². The van der Waals surface area contributed by atoms with Crippen LogP contribution >= 0.6 is 0 Å². The topological polar surface area (TPSA) is 72.9 Å². The molecule has 1 saturated heterocycles. The van der Waals surface area contributed by atoms with Crippen LogP contribution in [-0.4, -0.2) is 80.9 Å². The van der Waals surface area contributed by atoms with E-state index in [1.807, 2.05) is 0 Å². The molecule has 0 radical (unpaired) electrons. The summed E-state index contributed by atoms with van der Waals surface area (Å²) in [5, 5.41) is 12.4. The fourth-order valence-corrected chi connectivity index (χ4v) is 3.03. The van der Waals surface area contributed by atoms with Crippen molar-refractivity contribution in [1.82, 2.24) is 14.5 Å². The van der Waals surface area contributed by atoms with Crippen molar-refractivity contribution < 1.29 is 13.5 Å². The minimum atomic E-state index is -3.20. The molecular formula is C11H25N3O3S. The van der Waals surface area contributed by atoms with Crippen LogP contribution in [0.3, 0.4) is 0 Å². The molecule has 108 valence electrons. The van der Waals surface area contributed by atoms with E-state index in [1.165, 1.54) is 4.31 Å². The summed E-state index contributed by atoms with van der Waals surface area (Å²) in [6.45, 7) is 6.31. The van der Waals surface area contributed by atoms with Gasteiger partial charge in [0.25, 0.3) is 0 Å². The lowest BCUT2D eigenvalue weighted by Gasteiger charge is -2.27. The molecule has 1 rings (SSSR count). The predicted octanol–water partition coefficient (Wildman–Crippen LogP) is -1.08. The minimum Gasteiger partial charge on any atom is -0.393 e. The number of sulfonamides is 1. The highest BCUT2D eigenvalue weighted by Gasteiger charge is 2.20. The number of piperazine rings is 1. The Kier molecular flexibility index (Phi) is 6.51. The van der Waals surface area contributed by atoms with Crippen molar-refractivity contribution >= 4 is 10.0 Å². The molecule has 1 heterocycles. The standard InChI is InChI=1S/C11H25N3O3S/c1-11(15)3-6-13(2)18(16,17)10-9-14-7-4-12-5-8-14/h11-12,15H,3-10H2,1-2H3. The Morgan fingerprint density at radius 3 is 2.56 bits per heavy atom. The third kappa shape index (κ3) is 5.62. The number of nitrogens with one attached hydrogen (secondary N) is 1. The van der Waals surface area contributed by atoms with Gasteiger partial charge in [-0.3, -0.25) is 4.90 Å². The largest absolute Gasteiger partial charge is 0.393 e. The van der Waals surface area contributed by atoms with Gasteiger partial charge in [0.15, 0.2) is 0 Å². The first-order valence-corrected chi connectivity index (χ1v) is 8.08. The molecule has 0 bridgehead atoms. The Bertz CT molecular complexity index is 326. The van der Waals surface area contributed by atoms with Crippen LogP contribution in [-0.2, 0) is 10.0 Å². The van der Waals surface area contributed by atoms with Gasteiger partial charge in [-0.05, 0) is 13.3 Å². The second-order valence-corrected chi connectivity index (χ2v) is 7.06. The maximum atomic E-state index is 12.0. The Morgan fingerprint density at radius 1 is 1.39 bits per heavy atom. The molecule has 0 aliphatic carbocycles. The summed E-state index contributed by atoms with van der Waals surface area (Å²) in [4.78, 5) is 2.16. The Balaban J connectivity index is 2.33. The summed E-state index contributed by atoms with van der Waals surface area (Å²) in [6, 6.07) is 0. The van der Waals surface area contributed by atoms with E-state index >= 15 is 0 Å². The van der Waals surface area contributed by atoms with E-state index in [0.717, 1.165) is 26.2 Å². The van der Waals surface area contributed by atoms with Crippen molar-refractivity contribution in [2.45, 2.75) is 19.4 Å². The van der Waals surface area contributed by atoms with Gasteiger partial charge in [0.1, 0.15) is 0 Å². The molecule has 0 amide bonds. The lowest BCUT2D eigenvalue weighted by atomic mass is 10.3. The van der Waals surface area contributed by atoms with E-state index in [1.54, 1.807) is 14.0 Å². The maximum absolute atomic E-state index is 12.0. The SMILES string of the molecule is CC(O)CCN(C)S(=O)(=O)CCN1CCNCC1. The monoisotopic (exact) mass is 279 g/mol. The fraction of sp³-hybridized carbons (Fsp3) is 1.00. The average molecular weight is 279 g/mol. The molecular weight excluding hydrogens is 254 g/mol. The highest BCUT2D eigenvalue weighted by molar-refractivity contribution is 7.89. The van der Waals surface area contributed by atoms with Crippen LogP contribution in [0, 0.1) is 0 Å². The first-order chi connectivity index (χ1) is 8.42. The van der Waals surface area contributed by atoms with Gasteiger partial charge < -0.3 is 10.4 Å². The molecule has 0 aromatic heterocycles. The van der Waals surface area contributed by atoms with Gasteiger partial charge in [0.2, 0.25) is 10.0 Å². The van der Waals surface area contributed by atoms with Gasteiger partial charge in [-0.25, -0.2) is 12.7 Å². The molecule has 2 N–H and O–H groups in total. The van der Waals surface area contributed by atoms with Crippen LogP contribution in [0.2, 0.25) is 0 Å². The van der Waals surface area contributed by atoms with E-state index in [-0.39, 0.29) is 5.75 Å². The van der Waals surface area contributed by atoms with Crippen molar-refractivity contribution in [2.75, 3.05) is 52.1 Å². The van der Waals surface area contributed by atoms with Crippen LogP contribution in [0.1, 0.15) is 13.3 Å². The van der Waals surface area contributed by atoms with Crippen molar-refractivity contribution in [2.24, 2.45) is 0 Å². The maximum Gasteiger partial charge on any atom is 0.215 e.